The maximum Gasteiger partial charge on any atom is 0.313 e. The largest absolute Gasteiger partial charge is 0.481 e. The fourth-order valence-corrected chi connectivity index (χ4v) is 3.78. The molecule has 2 amide bonds. The lowest BCUT2D eigenvalue weighted by Gasteiger charge is -2.29. The van der Waals surface area contributed by atoms with Crippen LogP contribution in [0, 0.1) is 11.3 Å². The molecule has 1 heterocycles. The number of hydrogen-bond acceptors (Lipinski definition) is 4. The van der Waals surface area contributed by atoms with Gasteiger partial charge >= 0.3 is 5.97 Å². The van der Waals surface area contributed by atoms with Crippen LogP contribution in [-0.4, -0.2) is 60.6 Å². The van der Waals surface area contributed by atoms with Crippen molar-refractivity contribution in [3.63, 3.8) is 0 Å². The van der Waals surface area contributed by atoms with Crippen molar-refractivity contribution in [2.45, 2.75) is 45.1 Å². The molecule has 7 heteroatoms. The molecule has 7 nitrogen and oxygen atoms in total. The molecule has 0 bridgehead atoms. The van der Waals surface area contributed by atoms with Crippen molar-refractivity contribution in [2.24, 2.45) is 11.3 Å². The molecule has 0 spiro atoms. The summed E-state index contributed by atoms with van der Waals surface area (Å²) in [7, 11) is 1.47. The second kappa shape index (κ2) is 7.29. The van der Waals surface area contributed by atoms with Crippen molar-refractivity contribution < 1.29 is 24.2 Å². The number of amides is 2. The summed E-state index contributed by atoms with van der Waals surface area (Å²) in [5.41, 5.74) is -1.04. The predicted octanol–water partition coefficient (Wildman–Crippen LogP) is 0.631. The number of carboxylic acids is 1. The lowest BCUT2D eigenvalue weighted by Crippen LogP contribution is -2.51. The van der Waals surface area contributed by atoms with Gasteiger partial charge in [0.2, 0.25) is 11.8 Å². The lowest BCUT2D eigenvalue weighted by molar-refractivity contribution is -0.152. The normalized spacial score (nSPS) is 26.3. The molecule has 2 fully saturated rings. The number of carbonyl (C=O) groups excluding carboxylic acids is 2. The fraction of sp³-hybridized carbons (Fsp3) is 0.812. The molecule has 0 aromatic carbocycles. The molecule has 1 saturated heterocycles. The third-order valence-electron chi connectivity index (χ3n) is 5.04. The van der Waals surface area contributed by atoms with Gasteiger partial charge in [0.25, 0.3) is 0 Å². The van der Waals surface area contributed by atoms with Gasteiger partial charge in [-0.3, -0.25) is 14.4 Å². The third-order valence-corrected chi connectivity index (χ3v) is 5.04. The maximum atomic E-state index is 12.9. The van der Waals surface area contributed by atoms with Crippen LogP contribution in [0.25, 0.3) is 0 Å². The summed E-state index contributed by atoms with van der Waals surface area (Å²) < 4.78 is 5.05. The number of rotatable bonds is 6. The summed E-state index contributed by atoms with van der Waals surface area (Å²) in [5, 5.41) is 12.3. The van der Waals surface area contributed by atoms with Gasteiger partial charge in [0.1, 0.15) is 11.5 Å². The van der Waals surface area contributed by atoms with E-state index in [0.29, 0.717) is 13.0 Å². The van der Waals surface area contributed by atoms with Gasteiger partial charge in [0.05, 0.1) is 6.61 Å². The number of hydrogen-bond donors (Lipinski definition) is 2. The van der Waals surface area contributed by atoms with Gasteiger partial charge in [-0.05, 0) is 25.2 Å². The highest BCUT2D eigenvalue weighted by Gasteiger charge is 2.48. The molecule has 2 aliphatic rings. The number of carboxylic acid groups (broad SMARTS) is 1. The van der Waals surface area contributed by atoms with E-state index in [1.807, 2.05) is 0 Å². The number of nitrogens with one attached hydrogen (secondary N) is 1. The van der Waals surface area contributed by atoms with Crippen LogP contribution >= 0.6 is 0 Å². The highest BCUT2D eigenvalue weighted by atomic mass is 16.5. The van der Waals surface area contributed by atoms with E-state index >= 15 is 0 Å². The van der Waals surface area contributed by atoms with Crippen LogP contribution in [-0.2, 0) is 19.1 Å². The molecule has 2 rings (SSSR count). The van der Waals surface area contributed by atoms with Crippen molar-refractivity contribution in [1.29, 1.82) is 0 Å². The third kappa shape index (κ3) is 3.83. The Morgan fingerprint density at radius 3 is 2.52 bits per heavy atom. The van der Waals surface area contributed by atoms with Crippen LogP contribution in [0.3, 0.4) is 0 Å². The summed E-state index contributed by atoms with van der Waals surface area (Å²) in [6.45, 7) is 2.02. The van der Waals surface area contributed by atoms with E-state index in [1.165, 1.54) is 14.0 Å². The highest BCUT2D eigenvalue weighted by molar-refractivity contribution is 5.88. The zero-order valence-corrected chi connectivity index (χ0v) is 13.8. The Morgan fingerprint density at radius 1 is 1.35 bits per heavy atom. The SMILES string of the molecule is COCC1(C(=O)O)CCN(C(=O)C(NC(C)=O)C2CCCC2)C1. The van der Waals surface area contributed by atoms with E-state index in [9.17, 15) is 19.5 Å². The average molecular weight is 326 g/mol. The number of nitrogens with zero attached hydrogens (tertiary/aromatic N) is 1. The molecule has 0 aromatic heterocycles. The van der Waals surface area contributed by atoms with E-state index in [2.05, 4.69) is 5.32 Å². The molecule has 2 atom stereocenters. The number of carbonyl (C=O) groups is 3. The first-order chi connectivity index (χ1) is 10.9. The molecule has 1 aliphatic heterocycles. The summed E-state index contributed by atoms with van der Waals surface area (Å²) >= 11 is 0. The summed E-state index contributed by atoms with van der Waals surface area (Å²) in [4.78, 5) is 37.5. The van der Waals surface area contributed by atoms with Crippen molar-refractivity contribution in [1.82, 2.24) is 10.2 Å². The van der Waals surface area contributed by atoms with Gasteiger partial charge < -0.3 is 20.1 Å². The van der Waals surface area contributed by atoms with E-state index < -0.39 is 17.4 Å². The molecular formula is C16H26N2O5. The van der Waals surface area contributed by atoms with E-state index in [4.69, 9.17) is 4.74 Å². The Labute approximate surface area is 136 Å². The molecule has 2 unspecified atom stereocenters. The van der Waals surface area contributed by atoms with E-state index in [-0.39, 0.29) is 30.9 Å². The Bertz CT molecular complexity index is 475. The first kappa shape index (κ1) is 17.7. The quantitative estimate of drug-likeness (QED) is 0.746. The molecule has 130 valence electrons. The van der Waals surface area contributed by atoms with Crippen molar-refractivity contribution >= 4 is 17.8 Å². The minimum Gasteiger partial charge on any atom is -0.481 e. The number of ether oxygens (including phenoxy) is 1. The first-order valence-electron chi connectivity index (χ1n) is 8.18. The van der Waals surface area contributed by atoms with Gasteiger partial charge in [-0.15, -0.1) is 0 Å². The van der Waals surface area contributed by atoms with Crippen LogP contribution in [0.5, 0.6) is 0 Å². The topological polar surface area (TPSA) is 95.9 Å². The van der Waals surface area contributed by atoms with Gasteiger partial charge in [-0.1, -0.05) is 12.8 Å². The van der Waals surface area contributed by atoms with Gasteiger partial charge in [0, 0.05) is 27.1 Å². The first-order valence-corrected chi connectivity index (χ1v) is 8.18. The summed E-state index contributed by atoms with van der Waals surface area (Å²) in [5.74, 6) is -1.18. The van der Waals surface area contributed by atoms with Gasteiger partial charge in [0.15, 0.2) is 0 Å². The lowest BCUT2D eigenvalue weighted by atomic mass is 9.88. The predicted molar refractivity (Wildman–Crippen MR) is 82.7 cm³/mol. The monoisotopic (exact) mass is 326 g/mol. The molecule has 0 radical (unpaired) electrons. The molecule has 23 heavy (non-hydrogen) atoms. The van der Waals surface area contributed by atoms with Crippen LogP contribution in [0.4, 0.5) is 0 Å². The number of aliphatic carboxylic acids is 1. The molecule has 1 saturated carbocycles. The number of likely N-dealkylation sites (tertiary alicyclic amines) is 1. The average Bonchev–Trinajstić information content (AvgIpc) is 3.14. The summed E-state index contributed by atoms with van der Waals surface area (Å²) in [6, 6.07) is -0.540. The highest BCUT2D eigenvalue weighted by Crippen LogP contribution is 2.34. The van der Waals surface area contributed by atoms with Crippen LogP contribution in [0.1, 0.15) is 39.0 Å². The molecule has 1 aliphatic carbocycles. The minimum absolute atomic E-state index is 0.0837. The van der Waals surface area contributed by atoms with Crippen LogP contribution < -0.4 is 5.32 Å². The Kier molecular flexibility index (Phi) is 5.62. The van der Waals surface area contributed by atoms with E-state index in [1.54, 1.807) is 4.90 Å². The van der Waals surface area contributed by atoms with Crippen LogP contribution in [0.15, 0.2) is 0 Å². The zero-order chi connectivity index (χ0) is 17.0. The van der Waals surface area contributed by atoms with Gasteiger partial charge in [-0.25, -0.2) is 0 Å². The molecule has 2 N–H and O–H groups in total. The standard InChI is InChI=1S/C16H26N2O5/c1-11(19)17-13(12-5-3-4-6-12)14(20)18-8-7-16(9-18,10-23-2)15(21)22/h12-13H,3-10H2,1-2H3,(H,17,19)(H,21,22). The Hall–Kier alpha value is -1.63. The molecular weight excluding hydrogens is 300 g/mol. The fourth-order valence-electron chi connectivity index (χ4n) is 3.78. The van der Waals surface area contributed by atoms with Crippen molar-refractivity contribution in [2.75, 3.05) is 26.8 Å². The second-order valence-electron chi connectivity index (χ2n) is 6.75. The molecule has 0 aromatic rings. The van der Waals surface area contributed by atoms with E-state index in [0.717, 1.165) is 25.7 Å². The maximum absolute atomic E-state index is 12.9. The van der Waals surface area contributed by atoms with Crippen LogP contribution in [0.2, 0.25) is 0 Å². The zero-order valence-electron chi connectivity index (χ0n) is 13.8. The Morgan fingerprint density at radius 2 is 2.00 bits per heavy atom. The smallest absolute Gasteiger partial charge is 0.313 e. The van der Waals surface area contributed by atoms with Crippen molar-refractivity contribution in [3.05, 3.63) is 0 Å². The number of methoxy groups -OCH3 is 1. The van der Waals surface area contributed by atoms with Crippen molar-refractivity contribution in [3.8, 4) is 0 Å². The summed E-state index contributed by atoms with van der Waals surface area (Å²) in [6.07, 6.45) is 4.35. The minimum atomic E-state index is -1.04. The second-order valence-corrected chi connectivity index (χ2v) is 6.75. The van der Waals surface area contributed by atoms with Gasteiger partial charge in [-0.2, -0.15) is 0 Å². The Balaban J connectivity index is 2.11.